The van der Waals surface area contributed by atoms with Gasteiger partial charge in [0, 0.05) is 36.7 Å². The number of benzene rings is 1. The molecular formula is C20H27FN4O2. The molecule has 27 heavy (non-hydrogen) atoms. The van der Waals surface area contributed by atoms with Crippen LogP contribution in [0.1, 0.15) is 24.8 Å². The van der Waals surface area contributed by atoms with Crippen molar-refractivity contribution in [2.75, 3.05) is 26.2 Å². The van der Waals surface area contributed by atoms with Gasteiger partial charge in [0.25, 0.3) is 0 Å². The van der Waals surface area contributed by atoms with Crippen LogP contribution in [0.15, 0.2) is 36.7 Å². The molecule has 2 unspecified atom stereocenters. The third kappa shape index (κ3) is 3.52. The standard InChI is InChI=1S/C20H27FN4O2/c21-16-3-1-2-4-17(16)25-14-15(12-23-25)13-24-8-5-20(6-9-24)18(26)11-19(20)27-10-7-22/h1-4,12,14,18-19,26H,5-11,13,22H2. The van der Waals surface area contributed by atoms with Gasteiger partial charge in [0.2, 0.25) is 0 Å². The molecule has 0 amide bonds. The van der Waals surface area contributed by atoms with Crippen LogP contribution in [0.5, 0.6) is 0 Å². The van der Waals surface area contributed by atoms with Crippen LogP contribution in [0.3, 0.4) is 0 Å². The summed E-state index contributed by atoms with van der Waals surface area (Å²) in [6.07, 6.45) is 6.09. The number of piperidine rings is 1. The van der Waals surface area contributed by atoms with Crippen molar-refractivity contribution >= 4 is 0 Å². The fourth-order valence-corrected chi connectivity index (χ4v) is 4.42. The number of aromatic nitrogens is 2. The highest BCUT2D eigenvalue weighted by molar-refractivity contribution is 5.32. The topological polar surface area (TPSA) is 76.5 Å². The molecule has 2 aromatic rings. The van der Waals surface area contributed by atoms with Gasteiger partial charge in [-0.25, -0.2) is 9.07 Å². The summed E-state index contributed by atoms with van der Waals surface area (Å²) in [6.45, 7) is 3.66. The van der Waals surface area contributed by atoms with Gasteiger partial charge in [-0.1, -0.05) is 12.1 Å². The van der Waals surface area contributed by atoms with E-state index in [0.717, 1.165) is 44.5 Å². The number of likely N-dealkylation sites (tertiary alicyclic amines) is 1. The van der Waals surface area contributed by atoms with Crippen molar-refractivity contribution in [3.63, 3.8) is 0 Å². The van der Waals surface area contributed by atoms with E-state index < -0.39 is 0 Å². The molecule has 6 nitrogen and oxygen atoms in total. The molecule has 4 rings (SSSR count). The normalized spacial score (nSPS) is 24.9. The predicted octanol–water partition coefficient (Wildman–Crippen LogP) is 1.70. The van der Waals surface area contributed by atoms with Gasteiger partial charge in [-0.3, -0.25) is 4.90 Å². The minimum atomic E-state index is -0.283. The van der Waals surface area contributed by atoms with Crippen LogP contribution in [-0.4, -0.2) is 58.2 Å². The summed E-state index contributed by atoms with van der Waals surface area (Å²) in [5, 5.41) is 14.7. The second-order valence-corrected chi connectivity index (χ2v) is 7.65. The Labute approximate surface area is 158 Å². The lowest BCUT2D eigenvalue weighted by atomic mass is 9.58. The minimum Gasteiger partial charge on any atom is -0.392 e. The molecule has 1 aliphatic heterocycles. The molecule has 1 saturated heterocycles. The molecule has 1 aliphatic carbocycles. The highest BCUT2D eigenvalue weighted by atomic mass is 19.1. The molecular weight excluding hydrogens is 347 g/mol. The molecule has 1 spiro atoms. The zero-order chi connectivity index (χ0) is 18.9. The summed E-state index contributed by atoms with van der Waals surface area (Å²) in [5.74, 6) is -0.283. The van der Waals surface area contributed by atoms with Crippen LogP contribution >= 0.6 is 0 Å². The molecule has 2 heterocycles. The first kappa shape index (κ1) is 18.6. The molecule has 1 saturated carbocycles. The minimum absolute atomic E-state index is 0.108. The van der Waals surface area contributed by atoms with Crippen molar-refractivity contribution < 1.29 is 14.2 Å². The van der Waals surface area contributed by atoms with Gasteiger partial charge in [-0.2, -0.15) is 5.10 Å². The van der Waals surface area contributed by atoms with E-state index in [1.54, 1.807) is 29.1 Å². The Morgan fingerprint density at radius 3 is 2.78 bits per heavy atom. The number of hydrogen-bond acceptors (Lipinski definition) is 5. The van der Waals surface area contributed by atoms with E-state index in [2.05, 4.69) is 10.00 Å². The second-order valence-electron chi connectivity index (χ2n) is 7.65. The SMILES string of the molecule is NCCOC1CC(O)C12CCN(Cc1cnn(-c3ccccc3F)c1)CC2. The summed E-state index contributed by atoms with van der Waals surface area (Å²) in [7, 11) is 0. The van der Waals surface area contributed by atoms with Crippen LogP contribution < -0.4 is 5.73 Å². The smallest absolute Gasteiger partial charge is 0.148 e. The number of halogens is 1. The number of ether oxygens (including phenoxy) is 1. The van der Waals surface area contributed by atoms with Crippen molar-refractivity contribution in [2.45, 2.75) is 38.0 Å². The van der Waals surface area contributed by atoms with Crippen LogP contribution in [-0.2, 0) is 11.3 Å². The monoisotopic (exact) mass is 374 g/mol. The van der Waals surface area contributed by atoms with Crippen molar-refractivity contribution in [1.82, 2.24) is 14.7 Å². The first-order valence-electron chi connectivity index (χ1n) is 9.63. The molecule has 146 valence electrons. The first-order valence-corrected chi connectivity index (χ1v) is 9.63. The van der Waals surface area contributed by atoms with Crippen molar-refractivity contribution in [1.29, 1.82) is 0 Å². The third-order valence-corrected chi connectivity index (χ3v) is 6.11. The van der Waals surface area contributed by atoms with E-state index in [9.17, 15) is 9.50 Å². The Balaban J connectivity index is 1.35. The lowest BCUT2D eigenvalue weighted by Crippen LogP contribution is -2.62. The average Bonchev–Trinajstić information content (AvgIpc) is 3.14. The van der Waals surface area contributed by atoms with Gasteiger partial charge in [0.1, 0.15) is 11.5 Å². The second kappa shape index (κ2) is 7.67. The lowest BCUT2D eigenvalue weighted by Gasteiger charge is -2.56. The fourth-order valence-electron chi connectivity index (χ4n) is 4.42. The number of hydrogen-bond donors (Lipinski definition) is 2. The van der Waals surface area contributed by atoms with E-state index >= 15 is 0 Å². The van der Waals surface area contributed by atoms with Crippen molar-refractivity contribution in [2.24, 2.45) is 11.1 Å². The summed E-state index contributed by atoms with van der Waals surface area (Å²) in [6, 6.07) is 6.63. The first-order chi connectivity index (χ1) is 13.1. The number of aliphatic hydroxyl groups excluding tert-OH is 1. The third-order valence-electron chi connectivity index (χ3n) is 6.11. The fraction of sp³-hybridized carbons (Fsp3) is 0.550. The Kier molecular flexibility index (Phi) is 5.27. The molecule has 3 N–H and O–H groups in total. The Bertz CT molecular complexity index is 773. The molecule has 0 radical (unpaired) electrons. The maximum Gasteiger partial charge on any atom is 0.148 e. The van der Waals surface area contributed by atoms with Gasteiger partial charge < -0.3 is 15.6 Å². The predicted molar refractivity (Wildman–Crippen MR) is 99.9 cm³/mol. The zero-order valence-corrected chi connectivity index (χ0v) is 15.4. The molecule has 2 aliphatic rings. The average molecular weight is 374 g/mol. The van der Waals surface area contributed by atoms with Gasteiger partial charge >= 0.3 is 0 Å². The number of aliphatic hydroxyl groups is 1. The maximum atomic E-state index is 13.9. The summed E-state index contributed by atoms with van der Waals surface area (Å²) >= 11 is 0. The number of rotatable bonds is 6. The van der Waals surface area contributed by atoms with Crippen LogP contribution in [0.4, 0.5) is 4.39 Å². The van der Waals surface area contributed by atoms with E-state index in [1.807, 2.05) is 6.20 Å². The summed E-state index contributed by atoms with van der Waals surface area (Å²) in [5.41, 5.74) is 6.95. The van der Waals surface area contributed by atoms with E-state index in [0.29, 0.717) is 18.8 Å². The number of nitrogens with zero attached hydrogens (tertiary/aromatic N) is 3. The summed E-state index contributed by atoms with van der Waals surface area (Å²) in [4.78, 5) is 2.36. The number of para-hydroxylation sites is 1. The Hall–Kier alpha value is -1.80. The van der Waals surface area contributed by atoms with E-state index in [1.165, 1.54) is 6.07 Å². The molecule has 2 atom stereocenters. The number of nitrogens with two attached hydrogens (primary N) is 1. The van der Waals surface area contributed by atoms with Gasteiger partial charge in [-0.05, 0) is 38.1 Å². The van der Waals surface area contributed by atoms with Crippen LogP contribution in [0, 0.1) is 11.2 Å². The molecule has 1 aromatic carbocycles. The van der Waals surface area contributed by atoms with Gasteiger partial charge in [-0.15, -0.1) is 0 Å². The van der Waals surface area contributed by atoms with E-state index in [4.69, 9.17) is 10.5 Å². The molecule has 0 bridgehead atoms. The van der Waals surface area contributed by atoms with Crippen molar-refractivity contribution in [3.8, 4) is 5.69 Å². The van der Waals surface area contributed by atoms with Crippen LogP contribution in [0.25, 0.3) is 5.69 Å². The largest absolute Gasteiger partial charge is 0.392 e. The Morgan fingerprint density at radius 1 is 1.30 bits per heavy atom. The quantitative estimate of drug-likeness (QED) is 0.805. The van der Waals surface area contributed by atoms with Crippen LogP contribution in [0.2, 0.25) is 0 Å². The highest BCUT2D eigenvalue weighted by Gasteiger charge is 2.55. The molecule has 1 aromatic heterocycles. The Morgan fingerprint density at radius 2 is 2.07 bits per heavy atom. The summed E-state index contributed by atoms with van der Waals surface area (Å²) < 4.78 is 21.4. The zero-order valence-electron chi connectivity index (χ0n) is 15.4. The van der Waals surface area contributed by atoms with Crippen molar-refractivity contribution in [3.05, 3.63) is 48.0 Å². The maximum absolute atomic E-state index is 13.9. The van der Waals surface area contributed by atoms with Gasteiger partial charge in [0.15, 0.2) is 0 Å². The van der Waals surface area contributed by atoms with Gasteiger partial charge in [0.05, 0.1) is 25.0 Å². The van der Waals surface area contributed by atoms with E-state index in [-0.39, 0.29) is 23.4 Å². The molecule has 2 fully saturated rings. The molecule has 7 heteroatoms. The lowest BCUT2D eigenvalue weighted by molar-refractivity contribution is -0.210. The highest BCUT2D eigenvalue weighted by Crippen LogP contribution is 2.51.